The van der Waals surface area contributed by atoms with Crippen molar-refractivity contribution in [2.24, 2.45) is 0 Å². The number of para-hydroxylation sites is 1. The zero-order valence-corrected chi connectivity index (χ0v) is 13.5. The minimum Gasteiger partial charge on any atom is -0.382 e. The van der Waals surface area contributed by atoms with E-state index in [2.05, 4.69) is 22.1 Å². The largest absolute Gasteiger partial charge is 0.382 e. The van der Waals surface area contributed by atoms with Gasteiger partial charge in [-0.3, -0.25) is 10.1 Å². The number of benzene rings is 1. The standard InChI is InChI=1S/C16H22N4O2/c1-11(8-9-19(3)4)17-14-10-12(2)18-16-13(14)6-5-7-15(16)20(21)22/h5-7,10-11H,8-9H2,1-4H3,(H,17,18). The average Bonchev–Trinajstić information content (AvgIpc) is 2.44. The first-order chi connectivity index (χ1) is 10.4. The van der Waals surface area contributed by atoms with Crippen LogP contribution in [0.3, 0.4) is 0 Å². The van der Waals surface area contributed by atoms with Crippen molar-refractivity contribution in [2.45, 2.75) is 26.3 Å². The summed E-state index contributed by atoms with van der Waals surface area (Å²) in [6, 6.07) is 7.28. The lowest BCUT2D eigenvalue weighted by molar-refractivity contribution is -0.383. The Morgan fingerprint density at radius 2 is 2.14 bits per heavy atom. The number of nitrogens with zero attached hydrogens (tertiary/aromatic N) is 3. The molecule has 0 saturated carbocycles. The monoisotopic (exact) mass is 302 g/mol. The molecule has 2 aromatic rings. The van der Waals surface area contributed by atoms with Gasteiger partial charge in [0.2, 0.25) is 0 Å². The Bertz CT molecular complexity index is 685. The fourth-order valence-electron chi connectivity index (χ4n) is 2.42. The highest BCUT2D eigenvalue weighted by molar-refractivity contribution is 5.96. The summed E-state index contributed by atoms with van der Waals surface area (Å²) in [5.41, 5.74) is 2.15. The zero-order valence-electron chi connectivity index (χ0n) is 13.5. The molecule has 6 nitrogen and oxygen atoms in total. The molecule has 1 unspecified atom stereocenters. The number of nitro groups is 1. The predicted octanol–water partition coefficient (Wildman–Crippen LogP) is 3.20. The first-order valence-corrected chi connectivity index (χ1v) is 7.34. The Labute approximate surface area is 130 Å². The third kappa shape index (κ3) is 3.71. The lowest BCUT2D eigenvalue weighted by Crippen LogP contribution is -2.23. The maximum Gasteiger partial charge on any atom is 0.295 e. The van der Waals surface area contributed by atoms with Crippen LogP contribution in [0.15, 0.2) is 24.3 Å². The molecule has 0 fully saturated rings. The van der Waals surface area contributed by atoms with Crippen LogP contribution in [-0.2, 0) is 0 Å². The molecule has 1 heterocycles. The summed E-state index contributed by atoms with van der Waals surface area (Å²) in [5, 5.41) is 15.4. The van der Waals surface area contributed by atoms with E-state index in [1.54, 1.807) is 6.07 Å². The fraction of sp³-hybridized carbons (Fsp3) is 0.438. The molecule has 1 atom stereocenters. The summed E-state index contributed by atoms with van der Waals surface area (Å²) in [6.07, 6.45) is 0.991. The minimum atomic E-state index is -0.381. The van der Waals surface area contributed by atoms with Crippen molar-refractivity contribution in [3.05, 3.63) is 40.1 Å². The summed E-state index contributed by atoms with van der Waals surface area (Å²) in [4.78, 5) is 17.3. The van der Waals surface area contributed by atoms with Crippen molar-refractivity contribution in [2.75, 3.05) is 26.0 Å². The van der Waals surface area contributed by atoms with Gasteiger partial charge in [-0.25, -0.2) is 4.98 Å². The fourth-order valence-corrected chi connectivity index (χ4v) is 2.42. The molecule has 0 amide bonds. The number of nitro benzene ring substituents is 1. The smallest absolute Gasteiger partial charge is 0.295 e. The van der Waals surface area contributed by atoms with Gasteiger partial charge in [0.1, 0.15) is 0 Å². The van der Waals surface area contributed by atoms with Gasteiger partial charge in [-0.1, -0.05) is 12.1 Å². The molecule has 0 bridgehead atoms. The van der Waals surface area contributed by atoms with Crippen LogP contribution in [0.1, 0.15) is 19.0 Å². The molecule has 22 heavy (non-hydrogen) atoms. The van der Waals surface area contributed by atoms with Crippen molar-refractivity contribution in [3.63, 3.8) is 0 Å². The van der Waals surface area contributed by atoms with Gasteiger partial charge in [-0.15, -0.1) is 0 Å². The van der Waals surface area contributed by atoms with E-state index in [0.717, 1.165) is 29.7 Å². The number of aryl methyl sites for hydroxylation is 1. The van der Waals surface area contributed by atoms with Crippen LogP contribution in [0.4, 0.5) is 11.4 Å². The number of rotatable bonds is 6. The van der Waals surface area contributed by atoms with Crippen molar-refractivity contribution in [3.8, 4) is 0 Å². The van der Waals surface area contributed by atoms with E-state index in [-0.39, 0.29) is 16.7 Å². The van der Waals surface area contributed by atoms with E-state index in [9.17, 15) is 10.1 Å². The average molecular weight is 302 g/mol. The quantitative estimate of drug-likeness (QED) is 0.655. The highest BCUT2D eigenvalue weighted by Crippen LogP contribution is 2.30. The summed E-state index contributed by atoms with van der Waals surface area (Å²) in [7, 11) is 4.09. The molecule has 118 valence electrons. The highest BCUT2D eigenvalue weighted by atomic mass is 16.6. The van der Waals surface area contributed by atoms with Gasteiger partial charge in [0.25, 0.3) is 5.69 Å². The van der Waals surface area contributed by atoms with Crippen molar-refractivity contribution < 1.29 is 4.92 Å². The number of nitrogens with one attached hydrogen (secondary N) is 1. The van der Waals surface area contributed by atoms with Gasteiger partial charge in [0.15, 0.2) is 5.52 Å². The molecular formula is C16H22N4O2. The number of pyridine rings is 1. The lowest BCUT2D eigenvalue weighted by Gasteiger charge is -2.19. The molecule has 1 aromatic carbocycles. The molecule has 0 radical (unpaired) electrons. The van der Waals surface area contributed by atoms with Crippen molar-refractivity contribution in [1.29, 1.82) is 0 Å². The Balaban J connectivity index is 2.37. The summed E-state index contributed by atoms with van der Waals surface area (Å²) >= 11 is 0. The third-order valence-corrected chi connectivity index (χ3v) is 3.55. The molecule has 2 rings (SSSR count). The van der Waals surface area contributed by atoms with Crippen LogP contribution < -0.4 is 5.32 Å². The van der Waals surface area contributed by atoms with Gasteiger partial charge >= 0.3 is 0 Å². The van der Waals surface area contributed by atoms with Crippen LogP contribution in [0.2, 0.25) is 0 Å². The van der Waals surface area contributed by atoms with Crippen molar-refractivity contribution in [1.82, 2.24) is 9.88 Å². The molecular weight excluding hydrogens is 280 g/mol. The van der Waals surface area contributed by atoms with Crippen molar-refractivity contribution >= 4 is 22.3 Å². The second kappa shape index (κ2) is 6.70. The normalized spacial score (nSPS) is 12.6. The van der Waals surface area contributed by atoms with Crippen LogP contribution >= 0.6 is 0 Å². The maximum atomic E-state index is 11.2. The summed E-state index contributed by atoms with van der Waals surface area (Å²) < 4.78 is 0. The molecule has 1 aromatic heterocycles. The molecule has 0 saturated heterocycles. The zero-order chi connectivity index (χ0) is 16.3. The van der Waals surface area contributed by atoms with Crippen LogP contribution in [0.25, 0.3) is 10.9 Å². The van der Waals surface area contributed by atoms with Crippen LogP contribution in [0, 0.1) is 17.0 Å². The minimum absolute atomic E-state index is 0.0465. The highest BCUT2D eigenvalue weighted by Gasteiger charge is 2.16. The molecule has 1 N–H and O–H groups in total. The van der Waals surface area contributed by atoms with Gasteiger partial charge in [-0.2, -0.15) is 0 Å². The number of anilines is 1. The number of non-ortho nitro benzene ring substituents is 1. The molecule has 0 aliphatic heterocycles. The van der Waals surface area contributed by atoms with E-state index >= 15 is 0 Å². The van der Waals surface area contributed by atoms with E-state index in [1.165, 1.54) is 6.07 Å². The number of hydrogen-bond donors (Lipinski definition) is 1. The number of fused-ring (bicyclic) bond motifs is 1. The predicted molar refractivity (Wildman–Crippen MR) is 89.4 cm³/mol. The molecule has 0 spiro atoms. The SMILES string of the molecule is Cc1cc(NC(C)CCN(C)C)c2cccc([N+](=O)[O-])c2n1. The Hall–Kier alpha value is -2.21. The number of hydrogen-bond acceptors (Lipinski definition) is 5. The summed E-state index contributed by atoms with van der Waals surface area (Å²) in [6.45, 7) is 4.95. The van der Waals surface area contributed by atoms with Gasteiger partial charge < -0.3 is 10.2 Å². The molecule has 0 aliphatic rings. The first kappa shape index (κ1) is 16.2. The molecule has 6 heteroatoms. The van der Waals surface area contributed by atoms with Gasteiger partial charge in [0.05, 0.1) is 4.92 Å². The third-order valence-electron chi connectivity index (χ3n) is 3.55. The van der Waals surface area contributed by atoms with E-state index < -0.39 is 0 Å². The van der Waals surface area contributed by atoms with Gasteiger partial charge in [0, 0.05) is 28.9 Å². The van der Waals surface area contributed by atoms with Crippen LogP contribution in [-0.4, -0.2) is 41.5 Å². The Morgan fingerprint density at radius 3 is 2.77 bits per heavy atom. The van der Waals surface area contributed by atoms with E-state index in [0.29, 0.717) is 5.52 Å². The van der Waals surface area contributed by atoms with E-state index in [1.807, 2.05) is 33.2 Å². The first-order valence-electron chi connectivity index (χ1n) is 7.34. The lowest BCUT2D eigenvalue weighted by atomic mass is 10.1. The Morgan fingerprint density at radius 1 is 1.41 bits per heavy atom. The molecule has 0 aliphatic carbocycles. The summed E-state index contributed by atoms with van der Waals surface area (Å²) in [5.74, 6) is 0. The van der Waals surface area contributed by atoms with Crippen LogP contribution in [0.5, 0.6) is 0 Å². The number of aromatic nitrogens is 1. The van der Waals surface area contributed by atoms with Gasteiger partial charge in [-0.05, 0) is 47.0 Å². The Kier molecular flexibility index (Phi) is 4.92. The topological polar surface area (TPSA) is 71.3 Å². The second-order valence-electron chi connectivity index (χ2n) is 5.88. The maximum absolute atomic E-state index is 11.2. The van der Waals surface area contributed by atoms with E-state index in [4.69, 9.17) is 0 Å². The second-order valence-corrected chi connectivity index (χ2v) is 5.88.